The van der Waals surface area contributed by atoms with Crippen LogP contribution < -0.4 is 31.9 Å². The number of ether oxygens (including phenoxy) is 2. The van der Waals surface area contributed by atoms with Crippen molar-refractivity contribution in [3.63, 3.8) is 0 Å². The largest absolute Gasteiger partial charge is 0.375 e. The molecule has 5 rings (SSSR count). The summed E-state index contributed by atoms with van der Waals surface area (Å²) < 4.78 is 12.7. The smallest absolute Gasteiger partial charge is 0.246 e. The summed E-state index contributed by atoms with van der Waals surface area (Å²) in [5.41, 5.74) is 0.888. The number of carbonyl (C=O) groups excluding carboxylic acids is 6. The van der Waals surface area contributed by atoms with Gasteiger partial charge < -0.3 is 51.2 Å². The van der Waals surface area contributed by atoms with Gasteiger partial charge in [0, 0.05) is 13.1 Å². The Balaban J connectivity index is 1.15. The normalized spacial score (nSPS) is 22.1. The van der Waals surface area contributed by atoms with Crippen LogP contribution in [0.2, 0.25) is 0 Å². The van der Waals surface area contributed by atoms with Crippen LogP contribution in [0.5, 0.6) is 0 Å². The maximum absolute atomic E-state index is 14.1. The van der Waals surface area contributed by atoms with E-state index in [9.17, 15) is 28.8 Å². The summed E-state index contributed by atoms with van der Waals surface area (Å²) in [4.78, 5) is 85.5. The molecule has 8 atom stereocenters. The van der Waals surface area contributed by atoms with E-state index in [4.69, 9.17) is 9.47 Å². The van der Waals surface area contributed by atoms with E-state index in [-0.39, 0.29) is 59.4 Å². The van der Waals surface area contributed by atoms with Crippen molar-refractivity contribution in [1.29, 1.82) is 0 Å². The van der Waals surface area contributed by atoms with Gasteiger partial charge in [0.05, 0.1) is 50.6 Å². The summed E-state index contributed by atoms with van der Waals surface area (Å²) in [6.45, 7) is 17.5. The van der Waals surface area contributed by atoms with Gasteiger partial charge in [-0.2, -0.15) is 0 Å². The summed E-state index contributed by atoms with van der Waals surface area (Å²) in [5, 5.41) is 18.5. The number of hydrogen-bond donors (Lipinski definition) is 6. The van der Waals surface area contributed by atoms with Gasteiger partial charge >= 0.3 is 0 Å². The molecule has 0 bridgehead atoms. The minimum atomic E-state index is -0.776. The minimum Gasteiger partial charge on any atom is -0.375 e. The summed E-state index contributed by atoms with van der Waals surface area (Å²) in [6, 6.07) is 4.07. The molecule has 6 amide bonds. The molecule has 2 saturated carbocycles. The molecule has 0 aromatic heterocycles. The van der Waals surface area contributed by atoms with E-state index in [0.29, 0.717) is 65.2 Å². The van der Waals surface area contributed by atoms with E-state index >= 15 is 0 Å². The Morgan fingerprint density at radius 3 is 1.19 bits per heavy atom. The first kappa shape index (κ1) is 56.8. The average Bonchev–Trinajstić information content (AvgIpc) is 4.05. The molecule has 70 heavy (non-hydrogen) atoms. The van der Waals surface area contributed by atoms with Gasteiger partial charge in [-0.25, -0.2) is 0 Å². The van der Waals surface area contributed by atoms with E-state index in [1.54, 1.807) is 37.7 Å². The highest BCUT2D eigenvalue weighted by Crippen LogP contribution is 2.31. The molecule has 6 N–H and O–H groups in total. The molecular formula is C54H90N8O8. The first-order chi connectivity index (χ1) is 33.2. The van der Waals surface area contributed by atoms with Crippen molar-refractivity contribution in [2.45, 2.75) is 207 Å². The quantitative estimate of drug-likeness (QED) is 0.0908. The highest BCUT2D eigenvalue weighted by Gasteiger charge is 2.45. The molecule has 2 heterocycles. The SMILES string of the molecule is CN[C@@H](C)C(=O)N[C@H](C(=O)N1CCC[C@H]1C(=O)N[C@H](COCc1ccc(COC[C@@H](NC(=O)[C@@H]2CCCN2C(=O)[C@@H](NC(=O)[C@H](C)NC)C(C)(C)C)C2CCCCC2)cc1)C1CCCCC1)C(C)(C)C. The van der Waals surface area contributed by atoms with Gasteiger partial charge in [-0.1, -0.05) is 104 Å². The van der Waals surface area contributed by atoms with Crippen LogP contribution in [0.15, 0.2) is 24.3 Å². The topological polar surface area (TPSA) is 200 Å². The first-order valence-electron chi connectivity index (χ1n) is 26.6. The summed E-state index contributed by atoms with van der Waals surface area (Å²) >= 11 is 0. The van der Waals surface area contributed by atoms with Crippen molar-refractivity contribution in [2.75, 3.05) is 40.4 Å². The molecule has 4 aliphatic rings. The number of benzene rings is 1. The van der Waals surface area contributed by atoms with E-state index in [1.165, 1.54) is 12.8 Å². The van der Waals surface area contributed by atoms with E-state index in [2.05, 4.69) is 31.9 Å². The number of nitrogens with one attached hydrogen (secondary N) is 6. The fourth-order valence-electron chi connectivity index (χ4n) is 10.6. The van der Waals surface area contributed by atoms with Gasteiger partial charge in [-0.3, -0.25) is 28.8 Å². The highest BCUT2D eigenvalue weighted by atomic mass is 16.5. The van der Waals surface area contributed by atoms with Crippen LogP contribution in [-0.4, -0.2) is 134 Å². The third-order valence-electron chi connectivity index (χ3n) is 15.4. The Kier molecular flexibility index (Phi) is 21.5. The molecule has 394 valence electrons. The van der Waals surface area contributed by atoms with Crippen LogP contribution in [0.1, 0.15) is 156 Å². The van der Waals surface area contributed by atoms with Crippen LogP contribution in [-0.2, 0) is 51.5 Å². The van der Waals surface area contributed by atoms with Crippen LogP contribution in [0.4, 0.5) is 0 Å². The molecule has 1 aromatic rings. The molecule has 16 nitrogen and oxygen atoms in total. The van der Waals surface area contributed by atoms with Gasteiger partial charge in [-0.05, 0) is 113 Å². The number of nitrogens with zero attached hydrogens (tertiary/aromatic N) is 2. The fourth-order valence-corrected chi connectivity index (χ4v) is 10.6. The maximum atomic E-state index is 14.1. The lowest BCUT2D eigenvalue weighted by Gasteiger charge is -2.37. The predicted molar refractivity (Wildman–Crippen MR) is 272 cm³/mol. The molecule has 0 radical (unpaired) electrons. The number of amides is 6. The Hall–Kier alpha value is -4.12. The Morgan fingerprint density at radius 1 is 0.529 bits per heavy atom. The lowest BCUT2D eigenvalue weighted by Crippen LogP contribution is -2.60. The molecule has 2 aliphatic carbocycles. The summed E-state index contributed by atoms with van der Waals surface area (Å²) in [7, 11) is 3.41. The number of likely N-dealkylation sites (N-methyl/N-ethyl adjacent to an activating group) is 2. The zero-order valence-corrected chi connectivity index (χ0v) is 44.4. The lowest BCUT2D eigenvalue weighted by atomic mass is 9.84. The molecule has 0 spiro atoms. The average molecular weight is 979 g/mol. The maximum Gasteiger partial charge on any atom is 0.246 e. The molecule has 16 heteroatoms. The van der Waals surface area contributed by atoms with Crippen molar-refractivity contribution >= 4 is 35.4 Å². The van der Waals surface area contributed by atoms with Gasteiger partial charge in [0.2, 0.25) is 35.4 Å². The van der Waals surface area contributed by atoms with Crippen molar-refractivity contribution < 1.29 is 38.2 Å². The Morgan fingerprint density at radius 2 is 0.871 bits per heavy atom. The molecule has 0 unspecified atom stereocenters. The molecule has 4 fully saturated rings. The second-order valence-electron chi connectivity index (χ2n) is 22.9. The van der Waals surface area contributed by atoms with E-state index < -0.39 is 47.1 Å². The number of hydrogen-bond acceptors (Lipinski definition) is 10. The van der Waals surface area contributed by atoms with Crippen molar-refractivity contribution in [1.82, 2.24) is 41.7 Å². The Bertz CT molecular complexity index is 1740. The van der Waals surface area contributed by atoms with Crippen LogP contribution in [0.3, 0.4) is 0 Å². The van der Waals surface area contributed by atoms with E-state index in [0.717, 1.165) is 62.5 Å². The van der Waals surface area contributed by atoms with Crippen LogP contribution in [0.25, 0.3) is 0 Å². The number of carbonyl (C=O) groups is 6. The molecular weight excluding hydrogens is 889 g/mol. The molecule has 2 saturated heterocycles. The van der Waals surface area contributed by atoms with Crippen LogP contribution >= 0.6 is 0 Å². The molecule has 2 aliphatic heterocycles. The predicted octanol–water partition coefficient (Wildman–Crippen LogP) is 5.11. The van der Waals surface area contributed by atoms with Crippen molar-refractivity contribution in [2.24, 2.45) is 22.7 Å². The second kappa shape index (κ2) is 26.5. The van der Waals surface area contributed by atoms with Crippen molar-refractivity contribution in [3.05, 3.63) is 35.4 Å². The fraction of sp³-hybridized carbons (Fsp3) is 0.778. The van der Waals surface area contributed by atoms with Crippen LogP contribution in [0, 0.1) is 22.7 Å². The summed E-state index contributed by atoms with van der Waals surface area (Å²) in [5.74, 6) is -0.738. The van der Waals surface area contributed by atoms with Gasteiger partial charge in [0.25, 0.3) is 0 Å². The second-order valence-corrected chi connectivity index (χ2v) is 22.9. The van der Waals surface area contributed by atoms with Gasteiger partial charge in [-0.15, -0.1) is 0 Å². The Labute approximate surface area is 419 Å². The van der Waals surface area contributed by atoms with E-state index in [1.807, 2.05) is 65.8 Å². The minimum absolute atomic E-state index is 0.163. The van der Waals surface area contributed by atoms with Gasteiger partial charge in [0.15, 0.2) is 0 Å². The van der Waals surface area contributed by atoms with Crippen molar-refractivity contribution in [3.8, 4) is 0 Å². The molecule has 1 aromatic carbocycles. The lowest BCUT2D eigenvalue weighted by molar-refractivity contribution is -0.144. The first-order valence-corrected chi connectivity index (χ1v) is 26.6. The third-order valence-corrected chi connectivity index (χ3v) is 15.4. The zero-order chi connectivity index (χ0) is 51.2. The summed E-state index contributed by atoms with van der Waals surface area (Å²) in [6.07, 6.45) is 13.4. The standard InChI is InChI=1S/C54H90N8O8/c1-35(55-9)47(63)59-45(53(3,4)5)51(67)61-29-17-23-43(61)49(65)57-41(39-19-13-11-14-20-39)33-69-31-37-25-27-38(28-26-37)32-70-34-42(40-21-15-12-16-22-40)58-50(66)44-24-18-30-62(44)52(68)46(54(6,7)8)60-48(64)36(2)56-10/h25-28,35-36,39-46,55-56H,11-24,29-34H2,1-10H3,(H,57,65)(H,58,66)(H,59,63)(H,60,64)/t35-,36-,41+,42+,43-,44-,45+,46+/m0/s1. The third kappa shape index (κ3) is 15.9. The monoisotopic (exact) mass is 979 g/mol. The number of rotatable bonds is 22. The number of likely N-dealkylation sites (tertiary alicyclic amines) is 2. The highest BCUT2D eigenvalue weighted by molar-refractivity contribution is 5.95. The van der Waals surface area contributed by atoms with Gasteiger partial charge in [0.1, 0.15) is 24.2 Å². The zero-order valence-electron chi connectivity index (χ0n) is 44.4.